The summed E-state index contributed by atoms with van der Waals surface area (Å²) in [5.41, 5.74) is 0. The van der Waals surface area contributed by atoms with Gasteiger partial charge in [-0.2, -0.15) is 0 Å². The van der Waals surface area contributed by atoms with Gasteiger partial charge in [0.15, 0.2) is 0 Å². The third-order valence-electron chi connectivity index (χ3n) is 2.93. The zero-order chi connectivity index (χ0) is 7.84. The number of likely N-dealkylation sites (tertiary alicyclic amines) is 1. The molecule has 2 saturated heterocycles. The van der Waals surface area contributed by atoms with Crippen LogP contribution in [0.3, 0.4) is 0 Å². The number of aliphatic hydroxyl groups excluding tert-OH is 1. The van der Waals surface area contributed by atoms with Crippen molar-refractivity contribution >= 4 is 0 Å². The molecule has 64 valence electrons. The first-order chi connectivity index (χ1) is 5.27. The molecule has 2 fully saturated rings. The van der Waals surface area contributed by atoms with Crippen LogP contribution in [0.1, 0.15) is 0 Å². The quantitative estimate of drug-likeness (QED) is 0.478. The van der Waals surface area contributed by atoms with Crippen molar-refractivity contribution in [1.29, 1.82) is 0 Å². The largest absolute Gasteiger partial charge is 0.391 e. The second-order valence-corrected chi connectivity index (χ2v) is 3.87. The second-order valence-electron chi connectivity index (χ2n) is 3.87. The fraction of sp³-hybridized carbons (Fsp3) is 1.00. The predicted molar refractivity (Wildman–Crippen MR) is 43.4 cm³/mol. The number of β-amino-alcohol motifs (C(OH)–C–C–N with tert-alkyl or cyclic N) is 1. The lowest BCUT2D eigenvalue weighted by molar-refractivity contribution is 0.0677. The van der Waals surface area contributed by atoms with Gasteiger partial charge in [0.1, 0.15) is 0 Å². The first-order valence-corrected chi connectivity index (χ1v) is 4.34. The molecule has 3 heteroatoms. The summed E-state index contributed by atoms with van der Waals surface area (Å²) in [4.78, 5) is 2.31. The van der Waals surface area contributed by atoms with E-state index in [1.807, 2.05) is 0 Å². The number of piperidine rings is 1. The van der Waals surface area contributed by atoms with Crippen molar-refractivity contribution in [2.75, 3.05) is 33.2 Å². The molecule has 0 aliphatic carbocycles. The zero-order valence-corrected chi connectivity index (χ0v) is 6.95. The summed E-state index contributed by atoms with van der Waals surface area (Å²) in [6.45, 7) is 4.10. The average molecular weight is 156 g/mol. The molecule has 3 unspecified atom stereocenters. The number of hydrogen-bond donors (Lipinski definition) is 2. The zero-order valence-electron chi connectivity index (χ0n) is 6.95. The van der Waals surface area contributed by atoms with E-state index in [1.165, 1.54) is 0 Å². The molecule has 2 N–H and O–H groups in total. The van der Waals surface area contributed by atoms with Gasteiger partial charge in [-0.1, -0.05) is 0 Å². The molecule has 11 heavy (non-hydrogen) atoms. The highest BCUT2D eigenvalue weighted by atomic mass is 16.3. The summed E-state index contributed by atoms with van der Waals surface area (Å²) in [6.07, 6.45) is -0.112. The second kappa shape index (κ2) is 2.73. The molecule has 0 aromatic carbocycles. The highest BCUT2D eigenvalue weighted by Gasteiger charge is 2.37. The highest BCUT2D eigenvalue weighted by molar-refractivity contribution is 4.92. The van der Waals surface area contributed by atoms with Gasteiger partial charge in [-0.25, -0.2) is 0 Å². The molecule has 0 radical (unpaired) electrons. The number of fused-ring (bicyclic) bond motifs is 1. The van der Waals surface area contributed by atoms with E-state index in [9.17, 15) is 5.11 Å². The Morgan fingerprint density at radius 1 is 1.36 bits per heavy atom. The average Bonchev–Trinajstić information content (AvgIpc) is 2.31. The number of aliphatic hydroxyl groups is 1. The molecule has 2 rings (SSSR count). The van der Waals surface area contributed by atoms with Gasteiger partial charge in [0.25, 0.3) is 0 Å². The van der Waals surface area contributed by atoms with Crippen LogP contribution in [0, 0.1) is 11.8 Å². The fourth-order valence-electron chi connectivity index (χ4n) is 2.34. The van der Waals surface area contributed by atoms with E-state index in [0.717, 1.165) is 26.2 Å². The molecule has 3 atom stereocenters. The maximum Gasteiger partial charge on any atom is 0.0708 e. The molecule has 0 aromatic heterocycles. The topological polar surface area (TPSA) is 35.5 Å². The molecular formula is C8H16N2O. The van der Waals surface area contributed by atoms with Gasteiger partial charge in [0.05, 0.1) is 6.10 Å². The molecule has 3 nitrogen and oxygen atoms in total. The molecule has 0 bridgehead atoms. The highest BCUT2D eigenvalue weighted by Crippen LogP contribution is 2.26. The maximum absolute atomic E-state index is 9.61. The van der Waals surface area contributed by atoms with Crippen LogP contribution < -0.4 is 5.32 Å². The normalized spacial score (nSPS) is 45.8. The smallest absolute Gasteiger partial charge is 0.0708 e. The Bertz CT molecular complexity index is 151. The molecule has 0 spiro atoms. The van der Waals surface area contributed by atoms with Crippen LogP contribution in [0.2, 0.25) is 0 Å². The molecule has 0 aromatic rings. The summed E-state index contributed by atoms with van der Waals surface area (Å²) < 4.78 is 0. The number of nitrogens with zero attached hydrogens (tertiary/aromatic N) is 1. The SMILES string of the molecule is CN1CC2CNCC(O)C2C1. The molecule has 2 heterocycles. The summed E-state index contributed by atoms with van der Waals surface area (Å²) in [7, 11) is 2.13. The lowest BCUT2D eigenvalue weighted by atomic mass is 9.88. The third-order valence-corrected chi connectivity index (χ3v) is 2.93. The Hall–Kier alpha value is -0.120. The van der Waals surface area contributed by atoms with Crippen LogP contribution in [0.4, 0.5) is 0 Å². The van der Waals surface area contributed by atoms with Gasteiger partial charge in [-0.05, 0) is 19.5 Å². The minimum atomic E-state index is -0.112. The van der Waals surface area contributed by atoms with Crippen molar-refractivity contribution in [2.24, 2.45) is 11.8 Å². The van der Waals surface area contributed by atoms with Gasteiger partial charge in [-0.15, -0.1) is 0 Å². The predicted octanol–water partition coefficient (Wildman–Crippen LogP) is -0.872. The Morgan fingerprint density at radius 3 is 2.91 bits per heavy atom. The summed E-state index contributed by atoms with van der Waals surface area (Å²) in [6, 6.07) is 0. The van der Waals surface area contributed by atoms with E-state index >= 15 is 0 Å². The lowest BCUT2D eigenvalue weighted by Crippen LogP contribution is -2.46. The van der Waals surface area contributed by atoms with Crippen LogP contribution in [0.15, 0.2) is 0 Å². The van der Waals surface area contributed by atoms with Crippen molar-refractivity contribution in [1.82, 2.24) is 10.2 Å². The van der Waals surface area contributed by atoms with E-state index in [2.05, 4.69) is 17.3 Å². The van der Waals surface area contributed by atoms with Crippen LogP contribution in [-0.4, -0.2) is 49.3 Å². The molecule has 2 aliphatic rings. The van der Waals surface area contributed by atoms with Crippen LogP contribution >= 0.6 is 0 Å². The Morgan fingerprint density at radius 2 is 2.18 bits per heavy atom. The molecular weight excluding hydrogens is 140 g/mol. The number of rotatable bonds is 0. The van der Waals surface area contributed by atoms with Crippen LogP contribution in [0.5, 0.6) is 0 Å². The van der Waals surface area contributed by atoms with E-state index in [4.69, 9.17) is 0 Å². The number of nitrogens with one attached hydrogen (secondary N) is 1. The Balaban J connectivity index is 2.03. The third kappa shape index (κ3) is 1.28. The van der Waals surface area contributed by atoms with Gasteiger partial charge in [0.2, 0.25) is 0 Å². The van der Waals surface area contributed by atoms with Gasteiger partial charge < -0.3 is 15.3 Å². The minimum absolute atomic E-state index is 0.112. The van der Waals surface area contributed by atoms with Gasteiger partial charge in [-0.3, -0.25) is 0 Å². The van der Waals surface area contributed by atoms with Gasteiger partial charge in [0, 0.05) is 25.6 Å². The van der Waals surface area contributed by atoms with Crippen molar-refractivity contribution < 1.29 is 5.11 Å². The maximum atomic E-state index is 9.61. The van der Waals surface area contributed by atoms with Crippen molar-refractivity contribution in [3.05, 3.63) is 0 Å². The summed E-state index contributed by atoms with van der Waals surface area (Å²) >= 11 is 0. The fourth-order valence-corrected chi connectivity index (χ4v) is 2.34. The lowest BCUT2D eigenvalue weighted by Gasteiger charge is -2.29. The first-order valence-electron chi connectivity index (χ1n) is 4.34. The minimum Gasteiger partial charge on any atom is -0.391 e. The van der Waals surface area contributed by atoms with Gasteiger partial charge >= 0.3 is 0 Å². The molecule has 2 aliphatic heterocycles. The van der Waals surface area contributed by atoms with Crippen molar-refractivity contribution in [3.63, 3.8) is 0 Å². The van der Waals surface area contributed by atoms with Crippen LogP contribution in [-0.2, 0) is 0 Å². The molecule has 0 amide bonds. The standard InChI is InChI=1S/C8H16N2O/c1-10-4-6-2-9-3-8(11)7(6)5-10/h6-9,11H,2-5H2,1H3. The summed E-state index contributed by atoms with van der Waals surface area (Å²) in [5.74, 6) is 1.21. The Labute approximate surface area is 67.4 Å². The van der Waals surface area contributed by atoms with Crippen molar-refractivity contribution in [2.45, 2.75) is 6.10 Å². The summed E-state index contributed by atoms with van der Waals surface area (Å²) in [5, 5.41) is 12.9. The van der Waals surface area contributed by atoms with Crippen LogP contribution in [0.25, 0.3) is 0 Å². The van der Waals surface area contributed by atoms with E-state index in [0.29, 0.717) is 11.8 Å². The molecule has 0 saturated carbocycles. The monoisotopic (exact) mass is 156 g/mol. The van der Waals surface area contributed by atoms with Crippen molar-refractivity contribution in [3.8, 4) is 0 Å². The Kier molecular flexibility index (Phi) is 1.87. The van der Waals surface area contributed by atoms with E-state index in [-0.39, 0.29) is 6.10 Å². The van der Waals surface area contributed by atoms with E-state index in [1.54, 1.807) is 0 Å². The first kappa shape index (κ1) is 7.53. The number of hydrogen-bond acceptors (Lipinski definition) is 3. The van der Waals surface area contributed by atoms with E-state index < -0.39 is 0 Å².